The van der Waals surface area contributed by atoms with Crippen molar-refractivity contribution in [3.8, 4) is 6.07 Å². The van der Waals surface area contributed by atoms with Crippen molar-refractivity contribution in [3.63, 3.8) is 0 Å². The van der Waals surface area contributed by atoms with Crippen LogP contribution < -0.4 is 0 Å². The molecule has 2 rings (SSSR count). The van der Waals surface area contributed by atoms with Gasteiger partial charge in [-0.1, -0.05) is 0 Å². The molecular formula is C8H4BrN3S. The van der Waals surface area contributed by atoms with Crippen LogP contribution in [0.1, 0.15) is 11.1 Å². The SMILES string of the molecule is Cc1cc(C#N)c2nsnc2c1Br. The lowest BCUT2D eigenvalue weighted by Crippen LogP contribution is -1.84. The monoisotopic (exact) mass is 253 g/mol. The molecule has 0 amide bonds. The van der Waals surface area contributed by atoms with E-state index in [-0.39, 0.29) is 0 Å². The van der Waals surface area contributed by atoms with Crippen LogP contribution in [-0.2, 0) is 0 Å². The number of nitrogens with zero attached hydrogens (tertiary/aromatic N) is 3. The molecule has 0 bridgehead atoms. The van der Waals surface area contributed by atoms with E-state index in [1.54, 1.807) is 0 Å². The number of hydrogen-bond acceptors (Lipinski definition) is 4. The number of nitriles is 1. The summed E-state index contributed by atoms with van der Waals surface area (Å²) in [5.74, 6) is 0. The highest BCUT2D eigenvalue weighted by molar-refractivity contribution is 9.10. The van der Waals surface area contributed by atoms with E-state index >= 15 is 0 Å². The first-order valence-corrected chi connectivity index (χ1v) is 5.08. The summed E-state index contributed by atoms with van der Waals surface area (Å²) in [7, 11) is 0. The van der Waals surface area contributed by atoms with E-state index in [9.17, 15) is 0 Å². The Bertz CT molecular complexity index is 512. The van der Waals surface area contributed by atoms with Crippen molar-refractivity contribution < 1.29 is 0 Å². The maximum absolute atomic E-state index is 8.84. The maximum atomic E-state index is 8.84. The van der Waals surface area contributed by atoms with Gasteiger partial charge in [-0.3, -0.25) is 0 Å². The molecule has 0 fully saturated rings. The molecule has 0 saturated heterocycles. The van der Waals surface area contributed by atoms with Crippen molar-refractivity contribution >= 4 is 38.7 Å². The lowest BCUT2D eigenvalue weighted by atomic mass is 10.1. The predicted octanol–water partition coefficient (Wildman–Crippen LogP) is 2.63. The van der Waals surface area contributed by atoms with Crippen LogP contribution in [0.5, 0.6) is 0 Å². The first-order valence-electron chi connectivity index (χ1n) is 3.55. The number of rotatable bonds is 0. The number of aryl methyl sites for hydroxylation is 1. The summed E-state index contributed by atoms with van der Waals surface area (Å²) in [5, 5.41) is 8.84. The summed E-state index contributed by atoms with van der Waals surface area (Å²) in [4.78, 5) is 0. The van der Waals surface area contributed by atoms with Gasteiger partial charge >= 0.3 is 0 Å². The zero-order valence-electron chi connectivity index (χ0n) is 6.71. The Morgan fingerprint density at radius 1 is 1.46 bits per heavy atom. The Hall–Kier alpha value is -0.990. The molecule has 0 atom stereocenters. The van der Waals surface area contributed by atoms with E-state index in [2.05, 4.69) is 30.7 Å². The van der Waals surface area contributed by atoms with E-state index < -0.39 is 0 Å². The number of aromatic nitrogens is 2. The number of benzene rings is 1. The van der Waals surface area contributed by atoms with Gasteiger partial charge in [-0.2, -0.15) is 14.0 Å². The fraction of sp³-hybridized carbons (Fsp3) is 0.125. The second kappa shape index (κ2) is 3.05. The fourth-order valence-electron chi connectivity index (χ4n) is 1.13. The fourth-order valence-corrected chi connectivity index (χ4v) is 2.20. The van der Waals surface area contributed by atoms with Gasteiger partial charge in [-0.25, -0.2) is 0 Å². The molecule has 64 valence electrons. The molecule has 3 nitrogen and oxygen atoms in total. The van der Waals surface area contributed by atoms with Gasteiger partial charge in [-0.05, 0) is 34.5 Å². The van der Waals surface area contributed by atoms with Crippen LogP contribution in [0.4, 0.5) is 0 Å². The number of fused-ring (bicyclic) bond motifs is 1. The molecule has 0 N–H and O–H groups in total. The van der Waals surface area contributed by atoms with Gasteiger partial charge in [0.05, 0.1) is 17.3 Å². The van der Waals surface area contributed by atoms with E-state index in [1.807, 2.05) is 13.0 Å². The highest BCUT2D eigenvalue weighted by Crippen LogP contribution is 2.28. The minimum absolute atomic E-state index is 0.587. The van der Waals surface area contributed by atoms with E-state index in [0.29, 0.717) is 11.1 Å². The second-order valence-electron chi connectivity index (χ2n) is 2.63. The Morgan fingerprint density at radius 2 is 2.15 bits per heavy atom. The van der Waals surface area contributed by atoms with Crippen LogP contribution in [0.3, 0.4) is 0 Å². The summed E-state index contributed by atoms with van der Waals surface area (Å²) in [6.07, 6.45) is 0. The van der Waals surface area contributed by atoms with Crippen LogP contribution in [0.25, 0.3) is 11.0 Å². The molecule has 0 spiro atoms. The molecule has 0 unspecified atom stereocenters. The second-order valence-corrected chi connectivity index (χ2v) is 3.95. The molecule has 0 aliphatic carbocycles. The first kappa shape index (κ1) is 8.60. The van der Waals surface area contributed by atoms with Crippen molar-refractivity contribution in [2.75, 3.05) is 0 Å². The van der Waals surface area contributed by atoms with Gasteiger partial charge in [0.25, 0.3) is 0 Å². The van der Waals surface area contributed by atoms with Crippen molar-refractivity contribution in [1.82, 2.24) is 8.75 Å². The van der Waals surface area contributed by atoms with Gasteiger partial charge in [0.1, 0.15) is 17.1 Å². The molecule has 0 aliphatic heterocycles. The molecule has 1 aromatic heterocycles. The quantitative estimate of drug-likeness (QED) is 0.726. The van der Waals surface area contributed by atoms with Crippen LogP contribution in [0, 0.1) is 18.3 Å². The largest absolute Gasteiger partial charge is 0.192 e. The Kier molecular flexibility index (Phi) is 2.02. The average molecular weight is 254 g/mol. The average Bonchev–Trinajstić information content (AvgIpc) is 2.60. The van der Waals surface area contributed by atoms with E-state index in [4.69, 9.17) is 5.26 Å². The van der Waals surface area contributed by atoms with Gasteiger partial charge < -0.3 is 0 Å². The smallest absolute Gasteiger partial charge is 0.123 e. The molecule has 0 radical (unpaired) electrons. The lowest BCUT2D eigenvalue weighted by molar-refractivity contribution is 1.41. The van der Waals surface area contributed by atoms with Gasteiger partial charge in [-0.15, -0.1) is 0 Å². The zero-order valence-corrected chi connectivity index (χ0v) is 9.11. The minimum atomic E-state index is 0.587. The van der Waals surface area contributed by atoms with Crippen molar-refractivity contribution in [3.05, 3.63) is 21.7 Å². The Balaban J connectivity index is 2.97. The molecule has 13 heavy (non-hydrogen) atoms. The van der Waals surface area contributed by atoms with Crippen molar-refractivity contribution in [1.29, 1.82) is 5.26 Å². The van der Waals surface area contributed by atoms with Gasteiger partial charge in [0, 0.05) is 4.47 Å². The third-order valence-electron chi connectivity index (χ3n) is 1.78. The molecule has 0 saturated carbocycles. The highest BCUT2D eigenvalue weighted by atomic mass is 79.9. The topological polar surface area (TPSA) is 49.6 Å². The number of halogens is 1. The first-order chi connectivity index (χ1) is 6.24. The highest BCUT2D eigenvalue weighted by Gasteiger charge is 2.10. The van der Waals surface area contributed by atoms with Crippen molar-refractivity contribution in [2.24, 2.45) is 0 Å². The van der Waals surface area contributed by atoms with Gasteiger partial charge in [0.2, 0.25) is 0 Å². The Morgan fingerprint density at radius 3 is 2.85 bits per heavy atom. The summed E-state index contributed by atoms with van der Waals surface area (Å²) in [5.41, 5.74) is 3.06. The van der Waals surface area contributed by atoms with Crippen LogP contribution in [0.2, 0.25) is 0 Å². The van der Waals surface area contributed by atoms with E-state index in [0.717, 1.165) is 27.3 Å². The minimum Gasteiger partial charge on any atom is -0.192 e. The van der Waals surface area contributed by atoms with Crippen molar-refractivity contribution in [2.45, 2.75) is 6.92 Å². The van der Waals surface area contributed by atoms with Crippen LogP contribution >= 0.6 is 27.7 Å². The molecule has 5 heteroatoms. The third-order valence-corrected chi connectivity index (χ3v) is 3.31. The maximum Gasteiger partial charge on any atom is 0.123 e. The van der Waals surface area contributed by atoms with E-state index in [1.165, 1.54) is 0 Å². The normalized spacial score (nSPS) is 10.2. The van der Waals surface area contributed by atoms with Crippen LogP contribution in [-0.4, -0.2) is 8.75 Å². The molecule has 0 aliphatic rings. The summed E-state index contributed by atoms with van der Waals surface area (Å²) < 4.78 is 9.12. The zero-order chi connectivity index (χ0) is 9.42. The number of hydrogen-bond donors (Lipinski definition) is 0. The third kappa shape index (κ3) is 1.23. The Labute approximate surface area is 87.5 Å². The standard InChI is InChI=1S/C8H4BrN3S/c1-4-2-5(3-10)7-8(6(4)9)12-13-11-7/h2H,1H3. The molecular weight excluding hydrogens is 250 g/mol. The molecule has 1 heterocycles. The predicted molar refractivity (Wildman–Crippen MR) is 54.6 cm³/mol. The molecule has 2 aromatic rings. The van der Waals surface area contributed by atoms with Gasteiger partial charge in [0.15, 0.2) is 0 Å². The van der Waals surface area contributed by atoms with Crippen LogP contribution in [0.15, 0.2) is 10.5 Å². The molecule has 1 aromatic carbocycles. The lowest BCUT2D eigenvalue weighted by Gasteiger charge is -1.98. The summed E-state index contributed by atoms with van der Waals surface area (Å²) >= 11 is 4.54. The summed E-state index contributed by atoms with van der Waals surface area (Å²) in [6, 6.07) is 3.92. The summed E-state index contributed by atoms with van der Waals surface area (Å²) in [6.45, 7) is 1.93.